The Morgan fingerprint density at radius 3 is 2.89 bits per heavy atom. The number of benzene rings is 1. The maximum atomic E-state index is 12.6. The van der Waals surface area contributed by atoms with E-state index in [1.54, 1.807) is 11.3 Å². The minimum atomic E-state index is -0.115. The number of anilines is 1. The second-order valence-electron chi connectivity index (χ2n) is 7.29. The second-order valence-corrected chi connectivity index (χ2v) is 9.34. The fraction of sp³-hybridized carbons (Fsp3) is 0.381. The molecule has 0 spiro atoms. The number of fused-ring (bicyclic) bond motifs is 3. The van der Waals surface area contributed by atoms with Crippen LogP contribution >= 0.6 is 23.1 Å². The molecule has 1 atom stereocenters. The quantitative estimate of drug-likeness (QED) is 0.480. The largest absolute Gasteiger partial charge is 0.325 e. The zero-order chi connectivity index (χ0) is 19.7. The van der Waals surface area contributed by atoms with E-state index in [0.29, 0.717) is 11.1 Å². The van der Waals surface area contributed by atoms with E-state index >= 15 is 0 Å². The van der Waals surface area contributed by atoms with Crippen molar-refractivity contribution in [2.24, 2.45) is 5.92 Å². The summed E-state index contributed by atoms with van der Waals surface area (Å²) >= 11 is 2.89. The molecule has 0 saturated heterocycles. The molecule has 2 aromatic heterocycles. The van der Waals surface area contributed by atoms with Crippen molar-refractivity contribution in [1.82, 2.24) is 9.97 Å². The Bertz CT molecular complexity index is 1070. The number of thioether (sulfide) groups is 1. The number of thiophene rings is 1. The molecule has 0 radical (unpaired) electrons. The Hall–Kier alpha value is -2.12. The SMILES string of the molecule is CCc1ccc(NC(=O)CSc2nc3sc4c(c3c(=O)[nH]2)CC[C@H](C)C4)cc1. The van der Waals surface area contributed by atoms with Gasteiger partial charge in [0.2, 0.25) is 5.91 Å². The molecule has 0 unspecified atom stereocenters. The van der Waals surface area contributed by atoms with E-state index in [1.165, 1.54) is 27.8 Å². The number of carbonyl (C=O) groups excluding carboxylic acids is 1. The lowest BCUT2D eigenvalue weighted by Gasteiger charge is -2.17. The number of rotatable bonds is 5. The van der Waals surface area contributed by atoms with E-state index in [-0.39, 0.29) is 17.2 Å². The summed E-state index contributed by atoms with van der Waals surface area (Å²) < 4.78 is 0. The fourth-order valence-corrected chi connectivity index (χ4v) is 5.65. The predicted molar refractivity (Wildman–Crippen MR) is 117 cm³/mol. The number of amides is 1. The van der Waals surface area contributed by atoms with Crippen molar-refractivity contribution < 1.29 is 4.79 Å². The summed E-state index contributed by atoms with van der Waals surface area (Å²) in [6.07, 6.45) is 4.06. The summed E-state index contributed by atoms with van der Waals surface area (Å²) in [6.45, 7) is 4.35. The van der Waals surface area contributed by atoms with Gasteiger partial charge in [-0.1, -0.05) is 37.7 Å². The average molecular weight is 414 g/mol. The van der Waals surface area contributed by atoms with E-state index in [2.05, 4.69) is 29.1 Å². The van der Waals surface area contributed by atoms with Crippen LogP contribution in [0.5, 0.6) is 0 Å². The van der Waals surface area contributed by atoms with Crippen molar-refractivity contribution in [1.29, 1.82) is 0 Å². The minimum Gasteiger partial charge on any atom is -0.325 e. The summed E-state index contributed by atoms with van der Waals surface area (Å²) in [7, 11) is 0. The molecule has 28 heavy (non-hydrogen) atoms. The first kappa shape index (κ1) is 19.2. The van der Waals surface area contributed by atoms with Crippen LogP contribution in [0, 0.1) is 5.92 Å². The molecule has 0 saturated carbocycles. The van der Waals surface area contributed by atoms with Gasteiger partial charge in [0.15, 0.2) is 5.16 Å². The van der Waals surface area contributed by atoms with Crippen molar-refractivity contribution >= 4 is 44.9 Å². The van der Waals surface area contributed by atoms with Gasteiger partial charge in [-0.05, 0) is 54.9 Å². The van der Waals surface area contributed by atoms with Crippen molar-refractivity contribution in [2.75, 3.05) is 11.1 Å². The van der Waals surface area contributed by atoms with Crippen LogP contribution in [0.15, 0.2) is 34.2 Å². The number of aryl methyl sites for hydroxylation is 2. The average Bonchev–Trinajstić information content (AvgIpc) is 3.04. The summed E-state index contributed by atoms with van der Waals surface area (Å²) in [5.41, 5.74) is 3.10. The van der Waals surface area contributed by atoms with Gasteiger partial charge in [0, 0.05) is 10.6 Å². The molecule has 4 rings (SSSR count). The standard InChI is InChI=1S/C21H23N3O2S2/c1-3-13-5-7-14(8-6-13)22-17(25)11-27-21-23-19(26)18-15-9-4-12(2)10-16(15)28-20(18)24-21/h5-8,12H,3-4,9-11H2,1-2H3,(H,22,25)(H,23,24,26)/t12-/m0/s1. The van der Waals surface area contributed by atoms with Crippen LogP contribution in [-0.4, -0.2) is 21.6 Å². The van der Waals surface area contributed by atoms with Gasteiger partial charge < -0.3 is 10.3 Å². The fourth-order valence-electron chi connectivity index (χ4n) is 3.55. The van der Waals surface area contributed by atoms with Gasteiger partial charge in [-0.3, -0.25) is 9.59 Å². The van der Waals surface area contributed by atoms with E-state index in [9.17, 15) is 9.59 Å². The number of hydrogen-bond donors (Lipinski definition) is 2. The third kappa shape index (κ3) is 4.00. The Kier molecular flexibility index (Phi) is 5.55. The van der Waals surface area contributed by atoms with Crippen molar-refractivity contribution in [3.63, 3.8) is 0 Å². The monoisotopic (exact) mass is 413 g/mol. The van der Waals surface area contributed by atoms with Gasteiger partial charge in [-0.15, -0.1) is 11.3 Å². The molecule has 5 nitrogen and oxygen atoms in total. The summed E-state index contributed by atoms with van der Waals surface area (Å²) in [5, 5.41) is 4.13. The Morgan fingerprint density at radius 2 is 2.14 bits per heavy atom. The molecule has 0 fully saturated rings. The molecule has 2 N–H and O–H groups in total. The zero-order valence-electron chi connectivity index (χ0n) is 16.0. The maximum Gasteiger partial charge on any atom is 0.260 e. The first-order chi connectivity index (χ1) is 13.5. The second kappa shape index (κ2) is 8.09. The number of nitrogens with zero attached hydrogens (tertiary/aromatic N) is 1. The van der Waals surface area contributed by atoms with Gasteiger partial charge in [0.05, 0.1) is 11.1 Å². The normalized spacial score (nSPS) is 16.1. The topological polar surface area (TPSA) is 74.8 Å². The van der Waals surface area contributed by atoms with Gasteiger partial charge in [-0.25, -0.2) is 4.98 Å². The Morgan fingerprint density at radius 1 is 1.36 bits per heavy atom. The van der Waals surface area contributed by atoms with Crippen molar-refractivity contribution in [3.8, 4) is 0 Å². The van der Waals surface area contributed by atoms with Crippen molar-refractivity contribution in [3.05, 3.63) is 50.6 Å². The van der Waals surface area contributed by atoms with Gasteiger partial charge in [0.25, 0.3) is 5.56 Å². The number of aromatic amines is 1. The molecule has 0 bridgehead atoms. The Labute approximate surface area is 172 Å². The highest BCUT2D eigenvalue weighted by Crippen LogP contribution is 2.36. The molecule has 1 aliphatic rings. The smallest absolute Gasteiger partial charge is 0.260 e. The van der Waals surface area contributed by atoms with E-state index < -0.39 is 0 Å². The van der Waals surface area contributed by atoms with Crippen LogP contribution in [0.4, 0.5) is 5.69 Å². The van der Waals surface area contributed by atoms with Gasteiger partial charge in [0.1, 0.15) is 4.83 Å². The van der Waals surface area contributed by atoms with Crippen LogP contribution in [0.1, 0.15) is 36.3 Å². The first-order valence-electron chi connectivity index (χ1n) is 9.59. The van der Waals surface area contributed by atoms with Gasteiger partial charge >= 0.3 is 0 Å². The van der Waals surface area contributed by atoms with E-state index in [4.69, 9.17) is 0 Å². The maximum absolute atomic E-state index is 12.6. The van der Waals surface area contributed by atoms with Crippen LogP contribution in [0.2, 0.25) is 0 Å². The van der Waals surface area contributed by atoms with Crippen LogP contribution in [0.3, 0.4) is 0 Å². The minimum absolute atomic E-state index is 0.0879. The number of hydrogen-bond acceptors (Lipinski definition) is 5. The highest BCUT2D eigenvalue weighted by molar-refractivity contribution is 7.99. The van der Waals surface area contributed by atoms with Crippen LogP contribution < -0.4 is 10.9 Å². The molecule has 3 aromatic rings. The number of H-pyrrole nitrogens is 1. The lowest BCUT2D eigenvalue weighted by Crippen LogP contribution is -2.16. The number of aromatic nitrogens is 2. The molecule has 1 aliphatic carbocycles. The summed E-state index contributed by atoms with van der Waals surface area (Å²) in [4.78, 5) is 34.4. The van der Waals surface area contributed by atoms with Crippen LogP contribution in [-0.2, 0) is 24.1 Å². The molecule has 2 heterocycles. The molecule has 1 amide bonds. The summed E-state index contributed by atoms with van der Waals surface area (Å²) in [5.74, 6) is 0.742. The molecule has 146 valence electrons. The molecule has 1 aromatic carbocycles. The summed E-state index contributed by atoms with van der Waals surface area (Å²) in [6, 6.07) is 7.83. The highest BCUT2D eigenvalue weighted by Gasteiger charge is 2.23. The molecule has 0 aliphatic heterocycles. The lowest BCUT2D eigenvalue weighted by molar-refractivity contribution is -0.113. The van der Waals surface area contributed by atoms with Crippen LogP contribution in [0.25, 0.3) is 10.2 Å². The first-order valence-corrected chi connectivity index (χ1v) is 11.4. The number of nitrogens with one attached hydrogen (secondary N) is 2. The zero-order valence-corrected chi connectivity index (χ0v) is 17.6. The van der Waals surface area contributed by atoms with E-state index in [1.807, 2.05) is 24.3 Å². The molecule has 7 heteroatoms. The third-order valence-electron chi connectivity index (χ3n) is 5.13. The molecular weight excluding hydrogens is 390 g/mol. The van der Waals surface area contributed by atoms with E-state index in [0.717, 1.165) is 41.6 Å². The molecular formula is C21H23N3O2S2. The predicted octanol–water partition coefficient (Wildman–Crippen LogP) is 4.40. The number of carbonyl (C=O) groups is 1. The van der Waals surface area contributed by atoms with Gasteiger partial charge in [-0.2, -0.15) is 0 Å². The Balaban J connectivity index is 1.46. The third-order valence-corrected chi connectivity index (χ3v) is 7.15. The highest BCUT2D eigenvalue weighted by atomic mass is 32.2. The van der Waals surface area contributed by atoms with Crippen molar-refractivity contribution in [2.45, 2.75) is 44.7 Å². The lowest BCUT2D eigenvalue weighted by atomic mass is 9.89.